The molecule has 0 aliphatic carbocycles. The normalized spacial score (nSPS) is 14.4. The number of carboxylic acids is 1. The Morgan fingerprint density at radius 2 is 2.09 bits per heavy atom. The third kappa shape index (κ3) is 5.38. The molecular formula is C13H18F3N3O3. The van der Waals surface area contributed by atoms with Gasteiger partial charge in [0.05, 0.1) is 18.2 Å². The minimum atomic E-state index is -4.31. The number of aryl methyl sites for hydroxylation is 1. The summed E-state index contributed by atoms with van der Waals surface area (Å²) in [5.74, 6) is -2.11. The Balaban J connectivity index is 2.70. The number of rotatable bonds is 7. The van der Waals surface area contributed by atoms with E-state index in [0.29, 0.717) is 6.42 Å². The van der Waals surface area contributed by atoms with Gasteiger partial charge in [-0.25, -0.2) is 4.79 Å². The van der Waals surface area contributed by atoms with Crippen LogP contribution >= 0.6 is 0 Å². The fraction of sp³-hybridized carbons (Fsp3) is 0.615. The largest absolute Gasteiger partial charge is 0.480 e. The number of nitrogens with zero attached hydrogens (tertiary/aromatic N) is 2. The third-order valence-corrected chi connectivity index (χ3v) is 3.29. The predicted molar refractivity (Wildman–Crippen MR) is 71.2 cm³/mol. The van der Waals surface area contributed by atoms with Crippen molar-refractivity contribution in [3.05, 3.63) is 18.0 Å². The molecule has 0 aliphatic heterocycles. The van der Waals surface area contributed by atoms with E-state index >= 15 is 0 Å². The Kier molecular flexibility index (Phi) is 5.95. The van der Waals surface area contributed by atoms with Crippen molar-refractivity contribution in [2.75, 3.05) is 0 Å². The van der Waals surface area contributed by atoms with Crippen molar-refractivity contribution in [2.45, 2.75) is 45.5 Å². The number of amides is 1. The lowest BCUT2D eigenvalue weighted by molar-refractivity contribution is -0.140. The molecule has 0 bridgehead atoms. The molecule has 0 unspecified atom stereocenters. The maximum Gasteiger partial charge on any atom is 0.390 e. The number of aromatic nitrogens is 2. The molecule has 0 saturated carbocycles. The first kappa shape index (κ1) is 18.0. The fourth-order valence-electron chi connectivity index (χ4n) is 1.75. The SMILES string of the molecule is CC[C@H](C)[C@H](NC(=O)c1cnn(CCC(F)(F)F)c1)C(=O)O. The van der Waals surface area contributed by atoms with Crippen LogP contribution in [-0.2, 0) is 11.3 Å². The third-order valence-electron chi connectivity index (χ3n) is 3.29. The lowest BCUT2D eigenvalue weighted by atomic mass is 9.99. The quantitative estimate of drug-likeness (QED) is 0.805. The first-order valence-corrected chi connectivity index (χ1v) is 6.77. The molecule has 9 heteroatoms. The van der Waals surface area contributed by atoms with Crippen molar-refractivity contribution >= 4 is 11.9 Å². The molecule has 22 heavy (non-hydrogen) atoms. The predicted octanol–water partition coefficient (Wildman–Crippen LogP) is 2.06. The highest BCUT2D eigenvalue weighted by Gasteiger charge is 2.28. The van der Waals surface area contributed by atoms with Gasteiger partial charge in [0.1, 0.15) is 6.04 Å². The van der Waals surface area contributed by atoms with Crippen molar-refractivity contribution in [1.82, 2.24) is 15.1 Å². The maximum atomic E-state index is 12.1. The zero-order valence-electron chi connectivity index (χ0n) is 12.2. The minimum absolute atomic E-state index is 0.0247. The summed E-state index contributed by atoms with van der Waals surface area (Å²) >= 11 is 0. The molecule has 1 aromatic heterocycles. The standard InChI is InChI=1S/C13H18F3N3O3/c1-3-8(2)10(12(21)22)18-11(20)9-6-17-19(7-9)5-4-13(14,15)16/h6-8,10H,3-5H2,1-2H3,(H,18,20)(H,21,22)/t8-,10-/m0/s1. The van der Waals surface area contributed by atoms with Crippen LogP contribution in [0.1, 0.15) is 37.0 Å². The number of hydrogen-bond acceptors (Lipinski definition) is 3. The summed E-state index contributed by atoms with van der Waals surface area (Å²) in [6.07, 6.45) is -2.53. The number of carbonyl (C=O) groups is 2. The molecule has 0 aromatic carbocycles. The monoisotopic (exact) mass is 321 g/mol. The van der Waals surface area contributed by atoms with Gasteiger partial charge in [-0.1, -0.05) is 20.3 Å². The summed E-state index contributed by atoms with van der Waals surface area (Å²) in [6.45, 7) is 3.08. The Morgan fingerprint density at radius 3 is 2.59 bits per heavy atom. The topological polar surface area (TPSA) is 84.2 Å². The Hall–Kier alpha value is -2.06. The zero-order valence-corrected chi connectivity index (χ0v) is 12.2. The van der Waals surface area contributed by atoms with Gasteiger partial charge < -0.3 is 10.4 Å². The van der Waals surface area contributed by atoms with Crippen molar-refractivity contribution in [1.29, 1.82) is 0 Å². The molecule has 0 saturated heterocycles. The van der Waals surface area contributed by atoms with Gasteiger partial charge in [0.25, 0.3) is 5.91 Å². The van der Waals surface area contributed by atoms with Gasteiger partial charge in [-0.2, -0.15) is 18.3 Å². The highest BCUT2D eigenvalue weighted by molar-refractivity contribution is 5.96. The number of alkyl halides is 3. The van der Waals surface area contributed by atoms with Crippen molar-refractivity contribution in [3.8, 4) is 0 Å². The van der Waals surface area contributed by atoms with E-state index in [1.54, 1.807) is 13.8 Å². The van der Waals surface area contributed by atoms with Crippen LogP contribution in [0.4, 0.5) is 13.2 Å². The van der Waals surface area contributed by atoms with E-state index < -0.39 is 37.1 Å². The lowest BCUT2D eigenvalue weighted by Crippen LogP contribution is -2.44. The van der Waals surface area contributed by atoms with Crippen LogP contribution < -0.4 is 5.32 Å². The van der Waals surface area contributed by atoms with Crippen LogP contribution in [0.25, 0.3) is 0 Å². The number of halogens is 3. The molecule has 1 aromatic rings. The molecule has 2 N–H and O–H groups in total. The van der Waals surface area contributed by atoms with Crippen molar-refractivity contribution < 1.29 is 27.9 Å². The first-order chi connectivity index (χ1) is 10.1. The fourth-order valence-corrected chi connectivity index (χ4v) is 1.75. The van der Waals surface area contributed by atoms with Crippen LogP contribution in [0.5, 0.6) is 0 Å². The molecule has 1 amide bonds. The number of carboxylic acid groups (broad SMARTS) is 1. The molecule has 0 radical (unpaired) electrons. The molecule has 0 aliphatic rings. The first-order valence-electron chi connectivity index (χ1n) is 6.77. The second-order valence-electron chi connectivity index (χ2n) is 5.03. The van der Waals surface area contributed by atoms with Crippen molar-refractivity contribution in [2.24, 2.45) is 5.92 Å². The molecule has 0 fully saturated rings. The summed E-state index contributed by atoms with van der Waals surface area (Å²) in [7, 11) is 0. The summed E-state index contributed by atoms with van der Waals surface area (Å²) in [5, 5.41) is 15.1. The summed E-state index contributed by atoms with van der Waals surface area (Å²) in [6, 6.07) is -1.06. The molecule has 1 rings (SSSR count). The van der Waals surface area contributed by atoms with E-state index in [9.17, 15) is 22.8 Å². The number of aliphatic carboxylic acids is 1. The van der Waals surface area contributed by atoms with E-state index in [2.05, 4.69) is 10.4 Å². The average Bonchev–Trinajstić information content (AvgIpc) is 2.89. The molecular weight excluding hydrogens is 303 g/mol. The van der Waals surface area contributed by atoms with Gasteiger partial charge in [0, 0.05) is 12.7 Å². The van der Waals surface area contributed by atoms with Crippen LogP contribution in [0.3, 0.4) is 0 Å². The molecule has 124 valence electrons. The summed E-state index contributed by atoms with van der Waals surface area (Å²) < 4.78 is 37.3. The highest BCUT2D eigenvalue weighted by atomic mass is 19.4. The van der Waals surface area contributed by atoms with E-state index in [4.69, 9.17) is 5.11 Å². The Morgan fingerprint density at radius 1 is 1.45 bits per heavy atom. The van der Waals surface area contributed by atoms with Crippen LogP contribution in [0, 0.1) is 5.92 Å². The summed E-state index contributed by atoms with van der Waals surface area (Å²) in [5.41, 5.74) is 0.0247. The Labute approximate surface area is 125 Å². The van der Waals surface area contributed by atoms with Crippen LogP contribution in [0.2, 0.25) is 0 Å². The van der Waals surface area contributed by atoms with E-state index in [0.717, 1.165) is 17.1 Å². The van der Waals surface area contributed by atoms with Gasteiger partial charge in [-0.3, -0.25) is 9.48 Å². The van der Waals surface area contributed by atoms with E-state index in [1.807, 2.05) is 0 Å². The van der Waals surface area contributed by atoms with Gasteiger partial charge >= 0.3 is 12.1 Å². The van der Waals surface area contributed by atoms with Gasteiger partial charge in [-0.15, -0.1) is 0 Å². The smallest absolute Gasteiger partial charge is 0.390 e. The summed E-state index contributed by atoms with van der Waals surface area (Å²) in [4.78, 5) is 23.1. The molecule has 2 atom stereocenters. The molecule has 1 heterocycles. The zero-order chi connectivity index (χ0) is 16.9. The molecule has 0 spiro atoms. The van der Waals surface area contributed by atoms with E-state index in [-0.39, 0.29) is 11.5 Å². The van der Waals surface area contributed by atoms with Gasteiger partial charge in [0.2, 0.25) is 0 Å². The highest BCUT2D eigenvalue weighted by Crippen LogP contribution is 2.20. The van der Waals surface area contributed by atoms with Crippen molar-refractivity contribution in [3.63, 3.8) is 0 Å². The lowest BCUT2D eigenvalue weighted by Gasteiger charge is -2.19. The Bertz CT molecular complexity index is 528. The number of carbonyl (C=O) groups excluding carboxylic acids is 1. The van der Waals surface area contributed by atoms with Crippen LogP contribution in [0.15, 0.2) is 12.4 Å². The van der Waals surface area contributed by atoms with Crippen LogP contribution in [-0.4, -0.2) is 39.0 Å². The number of nitrogens with one attached hydrogen (secondary N) is 1. The van der Waals surface area contributed by atoms with Gasteiger partial charge in [0.15, 0.2) is 0 Å². The number of hydrogen-bond donors (Lipinski definition) is 2. The van der Waals surface area contributed by atoms with E-state index in [1.165, 1.54) is 0 Å². The minimum Gasteiger partial charge on any atom is -0.480 e. The maximum absolute atomic E-state index is 12.1. The second-order valence-corrected chi connectivity index (χ2v) is 5.03. The second kappa shape index (κ2) is 7.28. The average molecular weight is 321 g/mol. The van der Waals surface area contributed by atoms with Gasteiger partial charge in [-0.05, 0) is 5.92 Å². The molecule has 6 nitrogen and oxygen atoms in total.